The van der Waals surface area contributed by atoms with Crippen molar-refractivity contribution in [3.05, 3.63) is 53.6 Å². The molecule has 2 aromatic rings. The van der Waals surface area contributed by atoms with Crippen molar-refractivity contribution in [2.24, 2.45) is 5.92 Å². The highest BCUT2D eigenvalue weighted by Crippen LogP contribution is 2.35. The minimum absolute atomic E-state index is 0.131. The number of allylic oxidation sites excluding steroid dienone is 1. The van der Waals surface area contributed by atoms with Crippen LogP contribution in [0.1, 0.15) is 77.3 Å². The standard InChI is InChI=1S/C30H33F3N2O3.C2H6/c1-3-37-26-14-15-27(28(19-26)34-24-6-4-5-7-24)23(16-17-30(31,32)33)18-21-8-12-25(13-9-21)35-29(36)38-20(2)22-10-11-22;1-2/h8-9,12-15,18-20,22,24,34H,3-7,10-11H2,1-2H3,(H,35,36);1-2H3/b23-18+;. The SMILES string of the molecule is CC.CCOc1ccc(/C(C#CC(F)(F)F)=C/c2ccc(NC(=O)OC(C)C3CC3)cc2)c(NC2CCCC2)c1. The number of hydrogen-bond acceptors (Lipinski definition) is 4. The van der Waals surface area contributed by atoms with Crippen LogP contribution >= 0.6 is 0 Å². The number of carbonyl (C=O) groups excluding carboxylic acids is 1. The van der Waals surface area contributed by atoms with Crippen molar-refractivity contribution in [2.75, 3.05) is 17.2 Å². The largest absolute Gasteiger partial charge is 0.494 e. The number of hydrogen-bond donors (Lipinski definition) is 2. The predicted octanol–water partition coefficient (Wildman–Crippen LogP) is 8.92. The lowest BCUT2D eigenvalue weighted by atomic mass is 10.00. The van der Waals surface area contributed by atoms with Crippen LogP contribution in [0, 0.1) is 17.8 Å². The highest BCUT2D eigenvalue weighted by molar-refractivity contribution is 5.96. The molecule has 216 valence electrons. The van der Waals surface area contributed by atoms with Gasteiger partial charge >= 0.3 is 12.3 Å². The van der Waals surface area contributed by atoms with Gasteiger partial charge in [-0.1, -0.05) is 44.7 Å². The van der Waals surface area contributed by atoms with E-state index in [2.05, 4.69) is 16.6 Å². The third-order valence-corrected chi connectivity index (χ3v) is 6.69. The zero-order valence-electron chi connectivity index (χ0n) is 23.7. The minimum Gasteiger partial charge on any atom is -0.494 e. The molecule has 0 aromatic heterocycles. The van der Waals surface area contributed by atoms with E-state index in [1.807, 2.05) is 33.8 Å². The lowest BCUT2D eigenvalue weighted by Gasteiger charge is -2.19. The summed E-state index contributed by atoms with van der Waals surface area (Å²) in [6.45, 7) is 8.24. The number of ether oxygens (including phenoxy) is 2. The molecule has 2 saturated carbocycles. The van der Waals surface area contributed by atoms with E-state index in [0.29, 0.717) is 40.8 Å². The fourth-order valence-corrected chi connectivity index (χ4v) is 4.55. The summed E-state index contributed by atoms with van der Waals surface area (Å²) in [6, 6.07) is 12.3. The maximum Gasteiger partial charge on any atom is 0.458 e. The Morgan fingerprint density at radius 2 is 1.75 bits per heavy atom. The van der Waals surface area contributed by atoms with Crippen molar-refractivity contribution >= 4 is 29.1 Å². The Hall–Kier alpha value is -3.60. The molecule has 2 fully saturated rings. The Labute approximate surface area is 235 Å². The van der Waals surface area contributed by atoms with Crippen molar-refractivity contribution in [2.45, 2.75) is 84.5 Å². The van der Waals surface area contributed by atoms with Crippen LogP contribution in [0.5, 0.6) is 5.75 Å². The number of carbonyl (C=O) groups is 1. The van der Waals surface area contributed by atoms with Crippen LogP contribution in [0.4, 0.5) is 29.3 Å². The molecule has 2 N–H and O–H groups in total. The Balaban J connectivity index is 0.00000216. The number of alkyl halides is 3. The summed E-state index contributed by atoms with van der Waals surface area (Å²) in [7, 11) is 0. The maximum atomic E-state index is 13.1. The van der Waals surface area contributed by atoms with E-state index < -0.39 is 12.3 Å². The molecule has 5 nitrogen and oxygen atoms in total. The van der Waals surface area contributed by atoms with Crippen LogP contribution in [-0.4, -0.2) is 31.0 Å². The number of halogens is 3. The third-order valence-electron chi connectivity index (χ3n) is 6.69. The molecule has 2 aliphatic carbocycles. The number of benzene rings is 2. The van der Waals surface area contributed by atoms with E-state index >= 15 is 0 Å². The summed E-state index contributed by atoms with van der Waals surface area (Å²) >= 11 is 0. The van der Waals surface area contributed by atoms with Gasteiger partial charge < -0.3 is 14.8 Å². The lowest BCUT2D eigenvalue weighted by Crippen LogP contribution is -2.21. The van der Waals surface area contributed by atoms with Gasteiger partial charge in [-0.15, -0.1) is 0 Å². The molecular formula is C32H39F3N2O3. The quantitative estimate of drug-likeness (QED) is 0.239. The summed E-state index contributed by atoms with van der Waals surface area (Å²) in [5, 5.41) is 6.20. The monoisotopic (exact) mass is 556 g/mol. The molecule has 0 heterocycles. The molecule has 0 bridgehead atoms. The first-order valence-electron chi connectivity index (χ1n) is 14.1. The first-order chi connectivity index (χ1) is 19.2. The predicted molar refractivity (Wildman–Crippen MR) is 155 cm³/mol. The zero-order valence-corrected chi connectivity index (χ0v) is 23.7. The van der Waals surface area contributed by atoms with Crippen molar-refractivity contribution in [3.8, 4) is 17.6 Å². The van der Waals surface area contributed by atoms with Gasteiger partial charge in [0.2, 0.25) is 0 Å². The van der Waals surface area contributed by atoms with E-state index in [1.54, 1.807) is 42.5 Å². The zero-order chi connectivity index (χ0) is 29.1. The Bertz CT molecular complexity index is 1200. The van der Waals surface area contributed by atoms with Crippen molar-refractivity contribution in [1.82, 2.24) is 0 Å². The van der Waals surface area contributed by atoms with Gasteiger partial charge in [0.15, 0.2) is 0 Å². The molecule has 0 aliphatic heterocycles. The van der Waals surface area contributed by atoms with Gasteiger partial charge in [-0.3, -0.25) is 5.32 Å². The number of nitrogens with one attached hydrogen (secondary N) is 2. The molecule has 0 spiro atoms. The highest BCUT2D eigenvalue weighted by Gasteiger charge is 2.30. The normalized spacial score (nSPS) is 16.1. The Kier molecular flexibility index (Phi) is 11.4. The van der Waals surface area contributed by atoms with Crippen LogP contribution in [0.2, 0.25) is 0 Å². The van der Waals surface area contributed by atoms with Crippen LogP contribution < -0.4 is 15.4 Å². The highest BCUT2D eigenvalue weighted by atomic mass is 19.4. The van der Waals surface area contributed by atoms with E-state index in [1.165, 1.54) is 5.92 Å². The second-order valence-electron chi connectivity index (χ2n) is 9.77. The summed E-state index contributed by atoms with van der Waals surface area (Å²) in [6.07, 6.45) is 2.70. The number of amides is 1. The van der Waals surface area contributed by atoms with Gasteiger partial charge in [0, 0.05) is 40.5 Å². The first kappa shape index (κ1) is 30.9. The third kappa shape index (κ3) is 9.86. The van der Waals surface area contributed by atoms with Crippen LogP contribution in [0.3, 0.4) is 0 Å². The van der Waals surface area contributed by atoms with E-state index in [9.17, 15) is 18.0 Å². The Morgan fingerprint density at radius 1 is 1.07 bits per heavy atom. The summed E-state index contributed by atoms with van der Waals surface area (Å²) in [5.41, 5.74) is 2.66. The van der Waals surface area contributed by atoms with Crippen LogP contribution in [0.15, 0.2) is 42.5 Å². The lowest BCUT2D eigenvalue weighted by molar-refractivity contribution is -0.0696. The molecule has 1 atom stereocenters. The molecule has 4 rings (SSSR count). The van der Waals surface area contributed by atoms with Crippen molar-refractivity contribution in [3.63, 3.8) is 0 Å². The summed E-state index contributed by atoms with van der Waals surface area (Å²) in [4.78, 5) is 12.1. The molecule has 0 saturated heterocycles. The van der Waals surface area contributed by atoms with E-state index in [4.69, 9.17) is 9.47 Å². The van der Waals surface area contributed by atoms with Gasteiger partial charge in [0.25, 0.3) is 0 Å². The summed E-state index contributed by atoms with van der Waals surface area (Å²) < 4.78 is 50.3. The van der Waals surface area contributed by atoms with Crippen LogP contribution in [-0.2, 0) is 4.74 Å². The van der Waals surface area contributed by atoms with Crippen molar-refractivity contribution < 1.29 is 27.4 Å². The molecule has 40 heavy (non-hydrogen) atoms. The van der Waals surface area contributed by atoms with Gasteiger partial charge in [0.1, 0.15) is 11.9 Å². The molecule has 8 heteroatoms. The molecule has 1 amide bonds. The van der Waals surface area contributed by atoms with Crippen LogP contribution in [0.25, 0.3) is 11.6 Å². The topological polar surface area (TPSA) is 59.6 Å². The first-order valence-corrected chi connectivity index (χ1v) is 14.1. The van der Waals surface area contributed by atoms with Gasteiger partial charge in [0.05, 0.1) is 6.61 Å². The van der Waals surface area contributed by atoms with Gasteiger partial charge in [-0.05, 0) is 81.4 Å². The van der Waals surface area contributed by atoms with E-state index in [0.717, 1.165) is 38.5 Å². The average molecular weight is 557 g/mol. The maximum absolute atomic E-state index is 13.1. The smallest absolute Gasteiger partial charge is 0.458 e. The number of anilines is 2. The average Bonchev–Trinajstić information content (AvgIpc) is 3.66. The Morgan fingerprint density at radius 3 is 2.35 bits per heavy atom. The fourth-order valence-electron chi connectivity index (χ4n) is 4.55. The van der Waals surface area contributed by atoms with Gasteiger partial charge in [-0.2, -0.15) is 13.2 Å². The number of rotatable bonds is 9. The van der Waals surface area contributed by atoms with E-state index in [-0.39, 0.29) is 17.7 Å². The molecule has 1 unspecified atom stereocenters. The second kappa shape index (κ2) is 14.7. The van der Waals surface area contributed by atoms with Crippen molar-refractivity contribution in [1.29, 1.82) is 0 Å². The fraction of sp³-hybridized carbons (Fsp3) is 0.469. The summed E-state index contributed by atoms with van der Waals surface area (Å²) in [5.74, 6) is 4.83. The molecule has 0 radical (unpaired) electrons. The molecular weight excluding hydrogens is 517 g/mol. The van der Waals surface area contributed by atoms with Gasteiger partial charge in [-0.25, -0.2) is 4.79 Å². The molecule has 2 aliphatic rings. The second-order valence-corrected chi connectivity index (χ2v) is 9.77. The minimum atomic E-state index is -4.63. The molecule has 2 aromatic carbocycles.